The maximum absolute atomic E-state index is 3.76. The Labute approximate surface area is 99.6 Å². The highest BCUT2D eigenvalue weighted by atomic mass is 14.9. The van der Waals surface area contributed by atoms with Gasteiger partial charge >= 0.3 is 0 Å². The molecule has 0 amide bonds. The summed E-state index contributed by atoms with van der Waals surface area (Å²) < 4.78 is 0. The zero-order valence-corrected chi connectivity index (χ0v) is 10.3. The van der Waals surface area contributed by atoms with Crippen molar-refractivity contribution in [3.05, 3.63) is 48.6 Å². The molecule has 0 aliphatic carbocycles. The molecule has 1 aromatic rings. The molecule has 88 valence electrons. The lowest BCUT2D eigenvalue weighted by Gasteiger charge is -2.15. The van der Waals surface area contributed by atoms with Crippen molar-refractivity contribution in [1.29, 1.82) is 0 Å². The molecule has 1 rings (SSSR count). The highest BCUT2D eigenvalue weighted by Gasteiger charge is 2.05. The van der Waals surface area contributed by atoms with E-state index in [9.17, 15) is 0 Å². The van der Waals surface area contributed by atoms with Gasteiger partial charge in [0.05, 0.1) is 0 Å². The second-order valence-electron chi connectivity index (χ2n) is 4.23. The molecule has 0 spiro atoms. The molecule has 1 unspecified atom stereocenters. The highest BCUT2D eigenvalue weighted by Crippen LogP contribution is 2.09. The Kier molecular flexibility index (Phi) is 6.59. The van der Waals surface area contributed by atoms with Gasteiger partial charge in [-0.05, 0) is 44.7 Å². The Morgan fingerprint density at radius 3 is 2.62 bits per heavy atom. The van der Waals surface area contributed by atoms with Crippen LogP contribution in [0, 0.1) is 0 Å². The molecule has 0 heterocycles. The van der Waals surface area contributed by atoms with Gasteiger partial charge in [-0.2, -0.15) is 0 Å². The summed E-state index contributed by atoms with van der Waals surface area (Å²) in [4.78, 5) is 0. The minimum absolute atomic E-state index is 0.639. The average molecular weight is 217 g/mol. The molecule has 0 aliphatic heterocycles. The molecule has 1 N–H and O–H groups in total. The molecular weight excluding hydrogens is 194 g/mol. The predicted molar refractivity (Wildman–Crippen MR) is 71.7 cm³/mol. The van der Waals surface area contributed by atoms with E-state index in [4.69, 9.17) is 0 Å². The van der Waals surface area contributed by atoms with Crippen LogP contribution in [0.3, 0.4) is 0 Å². The number of allylic oxidation sites excluding steroid dienone is 1. The van der Waals surface area contributed by atoms with Crippen LogP contribution < -0.4 is 5.32 Å². The lowest BCUT2D eigenvalue weighted by Crippen LogP contribution is -2.25. The first-order valence-electron chi connectivity index (χ1n) is 6.19. The van der Waals surface area contributed by atoms with E-state index in [1.807, 2.05) is 6.08 Å². The maximum Gasteiger partial charge on any atom is 0.00673 e. The van der Waals surface area contributed by atoms with E-state index in [1.165, 1.54) is 31.2 Å². The van der Waals surface area contributed by atoms with Gasteiger partial charge in [-0.3, -0.25) is 0 Å². The molecule has 0 bridgehead atoms. The van der Waals surface area contributed by atoms with Crippen LogP contribution in [-0.2, 0) is 6.42 Å². The van der Waals surface area contributed by atoms with E-state index >= 15 is 0 Å². The number of aryl methyl sites for hydroxylation is 1. The number of benzene rings is 1. The van der Waals surface area contributed by atoms with Crippen LogP contribution in [0.2, 0.25) is 0 Å². The van der Waals surface area contributed by atoms with Gasteiger partial charge in [-0.25, -0.2) is 0 Å². The van der Waals surface area contributed by atoms with Crippen molar-refractivity contribution in [3.8, 4) is 0 Å². The van der Waals surface area contributed by atoms with Gasteiger partial charge in [0.25, 0.3) is 0 Å². The fraction of sp³-hybridized carbons (Fsp3) is 0.467. The summed E-state index contributed by atoms with van der Waals surface area (Å²) in [7, 11) is 2.06. The molecule has 1 atom stereocenters. The third-order valence-electron chi connectivity index (χ3n) is 2.99. The molecule has 0 aromatic heterocycles. The minimum Gasteiger partial charge on any atom is -0.317 e. The average Bonchev–Trinajstić information content (AvgIpc) is 2.35. The van der Waals surface area contributed by atoms with Crippen molar-refractivity contribution < 1.29 is 0 Å². The fourth-order valence-corrected chi connectivity index (χ4v) is 1.93. The first kappa shape index (κ1) is 13.0. The SMILES string of the molecule is C=CCCCC(CCc1ccccc1)NC. The van der Waals surface area contributed by atoms with Crippen molar-refractivity contribution in [2.24, 2.45) is 0 Å². The standard InChI is InChI=1S/C15H23N/c1-3-4-6-11-15(16-2)13-12-14-9-7-5-8-10-14/h3,5,7-10,15-16H,1,4,6,11-13H2,2H3. The van der Waals surface area contributed by atoms with Crippen molar-refractivity contribution >= 4 is 0 Å². The van der Waals surface area contributed by atoms with Crippen molar-refractivity contribution in [1.82, 2.24) is 5.32 Å². The predicted octanol–water partition coefficient (Wildman–Crippen LogP) is 3.56. The van der Waals surface area contributed by atoms with Crippen LogP contribution in [0.5, 0.6) is 0 Å². The van der Waals surface area contributed by atoms with E-state index in [0.717, 1.165) is 6.42 Å². The van der Waals surface area contributed by atoms with Crippen LogP contribution in [0.15, 0.2) is 43.0 Å². The van der Waals surface area contributed by atoms with Gasteiger partial charge in [0.15, 0.2) is 0 Å². The molecule has 0 fully saturated rings. The first-order valence-corrected chi connectivity index (χ1v) is 6.19. The number of nitrogens with one attached hydrogen (secondary N) is 1. The van der Waals surface area contributed by atoms with Crippen molar-refractivity contribution in [2.75, 3.05) is 7.05 Å². The van der Waals surface area contributed by atoms with E-state index in [2.05, 4.69) is 49.3 Å². The van der Waals surface area contributed by atoms with Gasteiger partial charge in [0.1, 0.15) is 0 Å². The van der Waals surface area contributed by atoms with Crippen LogP contribution >= 0.6 is 0 Å². The topological polar surface area (TPSA) is 12.0 Å². The molecular formula is C15H23N. The van der Waals surface area contributed by atoms with E-state index in [-0.39, 0.29) is 0 Å². The molecule has 1 nitrogen and oxygen atoms in total. The second kappa shape index (κ2) is 8.12. The van der Waals surface area contributed by atoms with Gasteiger partial charge in [-0.15, -0.1) is 6.58 Å². The molecule has 0 saturated carbocycles. The normalized spacial score (nSPS) is 12.3. The fourth-order valence-electron chi connectivity index (χ4n) is 1.93. The van der Waals surface area contributed by atoms with E-state index in [0.29, 0.717) is 6.04 Å². The summed E-state index contributed by atoms with van der Waals surface area (Å²) in [6.07, 6.45) is 8.00. The summed E-state index contributed by atoms with van der Waals surface area (Å²) in [6.45, 7) is 3.76. The van der Waals surface area contributed by atoms with Crippen LogP contribution in [0.4, 0.5) is 0 Å². The zero-order valence-electron chi connectivity index (χ0n) is 10.3. The van der Waals surface area contributed by atoms with E-state index < -0.39 is 0 Å². The Hall–Kier alpha value is -1.08. The van der Waals surface area contributed by atoms with Gasteiger partial charge in [0, 0.05) is 6.04 Å². The quantitative estimate of drug-likeness (QED) is 0.518. The number of rotatable bonds is 8. The van der Waals surface area contributed by atoms with Gasteiger partial charge in [0.2, 0.25) is 0 Å². The lowest BCUT2D eigenvalue weighted by molar-refractivity contribution is 0.476. The third kappa shape index (κ3) is 5.13. The summed E-state index contributed by atoms with van der Waals surface area (Å²) in [5.41, 5.74) is 1.44. The third-order valence-corrected chi connectivity index (χ3v) is 2.99. The Morgan fingerprint density at radius 2 is 2.00 bits per heavy atom. The molecule has 0 saturated heterocycles. The number of hydrogen-bond acceptors (Lipinski definition) is 1. The smallest absolute Gasteiger partial charge is 0.00673 e. The molecule has 0 radical (unpaired) electrons. The second-order valence-corrected chi connectivity index (χ2v) is 4.23. The highest BCUT2D eigenvalue weighted by molar-refractivity contribution is 5.14. The lowest BCUT2D eigenvalue weighted by atomic mass is 10.0. The zero-order chi connectivity index (χ0) is 11.6. The van der Waals surface area contributed by atoms with Crippen LogP contribution in [0.1, 0.15) is 31.2 Å². The Morgan fingerprint density at radius 1 is 1.25 bits per heavy atom. The van der Waals surface area contributed by atoms with E-state index in [1.54, 1.807) is 0 Å². The van der Waals surface area contributed by atoms with Gasteiger partial charge in [-0.1, -0.05) is 36.4 Å². The summed E-state index contributed by atoms with van der Waals surface area (Å²) in [6, 6.07) is 11.3. The molecule has 0 aliphatic rings. The largest absolute Gasteiger partial charge is 0.317 e. The molecule has 1 aromatic carbocycles. The first-order chi connectivity index (χ1) is 7.86. The van der Waals surface area contributed by atoms with Crippen LogP contribution in [0.25, 0.3) is 0 Å². The summed E-state index contributed by atoms with van der Waals surface area (Å²) in [5.74, 6) is 0. The summed E-state index contributed by atoms with van der Waals surface area (Å²) in [5, 5.41) is 3.40. The molecule has 16 heavy (non-hydrogen) atoms. The molecule has 1 heteroatoms. The Balaban J connectivity index is 2.25. The summed E-state index contributed by atoms with van der Waals surface area (Å²) >= 11 is 0. The number of hydrogen-bond donors (Lipinski definition) is 1. The van der Waals surface area contributed by atoms with Crippen LogP contribution in [-0.4, -0.2) is 13.1 Å². The van der Waals surface area contributed by atoms with Crippen molar-refractivity contribution in [3.63, 3.8) is 0 Å². The Bertz CT molecular complexity index is 279. The van der Waals surface area contributed by atoms with Gasteiger partial charge < -0.3 is 5.32 Å². The van der Waals surface area contributed by atoms with Crippen molar-refractivity contribution in [2.45, 2.75) is 38.1 Å². The number of unbranched alkanes of at least 4 members (excludes halogenated alkanes) is 1. The monoisotopic (exact) mass is 217 g/mol. The minimum atomic E-state index is 0.639. The maximum atomic E-state index is 3.76.